The molecule has 0 amide bonds. The van der Waals surface area contributed by atoms with Crippen LogP contribution >= 0.6 is 15.9 Å². The molecule has 0 saturated heterocycles. The summed E-state index contributed by atoms with van der Waals surface area (Å²) in [5.74, 6) is 1.11. The van der Waals surface area contributed by atoms with E-state index in [-0.39, 0.29) is 5.75 Å². The zero-order chi connectivity index (χ0) is 14.7. The van der Waals surface area contributed by atoms with Crippen LogP contribution in [0.15, 0.2) is 51.6 Å². The van der Waals surface area contributed by atoms with Crippen molar-refractivity contribution >= 4 is 21.6 Å². The van der Waals surface area contributed by atoms with Gasteiger partial charge in [0, 0.05) is 16.4 Å². The molecule has 2 aromatic heterocycles. The Morgan fingerprint density at radius 3 is 2.76 bits per heavy atom. The number of rotatable bonds is 4. The molecule has 2 N–H and O–H groups in total. The first-order chi connectivity index (χ1) is 10.2. The van der Waals surface area contributed by atoms with Crippen LogP contribution in [0, 0.1) is 0 Å². The maximum Gasteiger partial charge on any atom is 0.246 e. The highest BCUT2D eigenvalue weighted by Crippen LogP contribution is 2.23. The highest BCUT2D eigenvalue weighted by Gasteiger charge is 2.12. The summed E-state index contributed by atoms with van der Waals surface area (Å²) in [6.45, 7) is 0.391. The monoisotopic (exact) mass is 346 g/mol. The van der Waals surface area contributed by atoms with Crippen molar-refractivity contribution in [2.24, 2.45) is 0 Å². The van der Waals surface area contributed by atoms with Crippen LogP contribution in [0.4, 0.5) is 5.69 Å². The first-order valence-corrected chi connectivity index (χ1v) is 6.98. The van der Waals surface area contributed by atoms with E-state index in [9.17, 15) is 5.11 Å². The molecule has 0 aliphatic heterocycles. The SMILES string of the molecule is Oc1ccc(NCc2nc(-c3ncccc3Br)no2)cc1. The van der Waals surface area contributed by atoms with E-state index < -0.39 is 0 Å². The van der Waals surface area contributed by atoms with Crippen molar-refractivity contribution in [3.8, 4) is 17.3 Å². The lowest BCUT2D eigenvalue weighted by molar-refractivity contribution is 0.384. The number of halogens is 1. The van der Waals surface area contributed by atoms with Gasteiger partial charge in [-0.1, -0.05) is 5.16 Å². The summed E-state index contributed by atoms with van der Waals surface area (Å²) in [4.78, 5) is 8.50. The highest BCUT2D eigenvalue weighted by atomic mass is 79.9. The molecule has 106 valence electrons. The molecule has 21 heavy (non-hydrogen) atoms. The van der Waals surface area contributed by atoms with E-state index in [1.165, 1.54) is 0 Å². The molecular formula is C14H11BrN4O2. The Morgan fingerprint density at radius 2 is 2.00 bits per heavy atom. The van der Waals surface area contributed by atoms with Crippen LogP contribution in [-0.4, -0.2) is 20.2 Å². The Bertz CT molecular complexity index is 743. The lowest BCUT2D eigenvalue weighted by Gasteiger charge is -2.02. The minimum atomic E-state index is 0.223. The summed E-state index contributed by atoms with van der Waals surface area (Å²) >= 11 is 3.40. The molecule has 1 aromatic carbocycles. The Kier molecular flexibility index (Phi) is 3.83. The maximum atomic E-state index is 9.22. The predicted octanol–water partition coefficient (Wildman–Crippen LogP) is 3.21. The van der Waals surface area contributed by atoms with Crippen molar-refractivity contribution in [2.45, 2.75) is 6.54 Å². The summed E-state index contributed by atoms with van der Waals surface area (Å²) in [6, 6.07) is 10.4. The summed E-state index contributed by atoms with van der Waals surface area (Å²) in [5.41, 5.74) is 1.49. The fourth-order valence-electron chi connectivity index (χ4n) is 1.73. The van der Waals surface area contributed by atoms with Crippen LogP contribution in [0.1, 0.15) is 5.89 Å². The molecule has 0 aliphatic rings. The Labute approximate surface area is 129 Å². The van der Waals surface area contributed by atoms with E-state index in [4.69, 9.17) is 4.52 Å². The van der Waals surface area contributed by atoms with Gasteiger partial charge in [-0.15, -0.1) is 0 Å². The number of nitrogens with one attached hydrogen (secondary N) is 1. The van der Waals surface area contributed by atoms with E-state index >= 15 is 0 Å². The molecular weight excluding hydrogens is 336 g/mol. The third kappa shape index (κ3) is 3.19. The second-order valence-corrected chi connectivity index (χ2v) is 5.10. The molecule has 6 nitrogen and oxygen atoms in total. The zero-order valence-electron chi connectivity index (χ0n) is 10.8. The summed E-state index contributed by atoms with van der Waals surface area (Å²) in [6.07, 6.45) is 1.67. The number of pyridine rings is 1. The van der Waals surface area contributed by atoms with Gasteiger partial charge in [-0.2, -0.15) is 4.98 Å². The topological polar surface area (TPSA) is 84.1 Å². The normalized spacial score (nSPS) is 10.5. The fraction of sp³-hybridized carbons (Fsp3) is 0.0714. The van der Waals surface area contributed by atoms with Gasteiger partial charge in [0.2, 0.25) is 11.7 Å². The first-order valence-electron chi connectivity index (χ1n) is 6.19. The molecule has 0 saturated carbocycles. The third-order valence-electron chi connectivity index (χ3n) is 2.75. The molecule has 2 heterocycles. The Hall–Kier alpha value is -2.41. The fourth-order valence-corrected chi connectivity index (χ4v) is 2.16. The van der Waals surface area contributed by atoms with Gasteiger partial charge in [-0.3, -0.25) is 4.98 Å². The second kappa shape index (κ2) is 5.92. The van der Waals surface area contributed by atoms with Crippen LogP contribution in [0.5, 0.6) is 5.75 Å². The summed E-state index contributed by atoms with van der Waals surface area (Å²) in [7, 11) is 0. The Morgan fingerprint density at radius 1 is 1.19 bits per heavy atom. The largest absolute Gasteiger partial charge is 0.508 e. The summed E-state index contributed by atoms with van der Waals surface area (Å²) < 4.78 is 5.99. The van der Waals surface area contributed by atoms with Gasteiger partial charge in [0.15, 0.2) is 0 Å². The van der Waals surface area contributed by atoms with E-state index in [1.807, 2.05) is 12.1 Å². The predicted molar refractivity (Wildman–Crippen MR) is 80.7 cm³/mol. The second-order valence-electron chi connectivity index (χ2n) is 4.25. The minimum absolute atomic E-state index is 0.223. The third-order valence-corrected chi connectivity index (χ3v) is 3.39. The van der Waals surface area contributed by atoms with Crippen molar-refractivity contribution < 1.29 is 9.63 Å². The van der Waals surface area contributed by atoms with Gasteiger partial charge in [-0.25, -0.2) is 0 Å². The lowest BCUT2D eigenvalue weighted by atomic mass is 10.3. The van der Waals surface area contributed by atoms with E-state index in [0.717, 1.165) is 10.2 Å². The standard InChI is InChI=1S/C14H11BrN4O2/c15-11-2-1-7-16-13(11)14-18-12(21-19-14)8-17-9-3-5-10(20)6-4-9/h1-7,17,20H,8H2. The van der Waals surface area contributed by atoms with Crippen molar-refractivity contribution in [3.05, 3.63) is 53.0 Å². The molecule has 0 spiro atoms. The number of hydrogen-bond donors (Lipinski definition) is 2. The average molecular weight is 347 g/mol. The molecule has 0 fully saturated rings. The van der Waals surface area contributed by atoms with Crippen molar-refractivity contribution in [3.63, 3.8) is 0 Å². The van der Waals surface area contributed by atoms with E-state index in [0.29, 0.717) is 24.0 Å². The van der Waals surface area contributed by atoms with Gasteiger partial charge in [-0.05, 0) is 52.3 Å². The number of nitrogens with zero attached hydrogens (tertiary/aromatic N) is 3. The van der Waals surface area contributed by atoms with E-state index in [2.05, 4.69) is 36.4 Å². The van der Waals surface area contributed by atoms with Crippen LogP contribution in [-0.2, 0) is 6.54 Å². The van der Waals surface area contributed by atoms with Crippen LogP contribution < -0.4 is 5.32 Å². The van der Waals surface area contributed by atoms with Crippen molar-refractivity contribution in [1.29, 1.82) is 0 Å². The lowest BCUT2D eigenvalue weighted by Crippen LogP contribution is -1.99. The van der Waals surface area contributed by atoms with Gasteiger partial charge >= 0.3 is 0 Å². The smallest absolute Gasteiger partial charge is 0.246 e. The van der Waals surface area contributed by atoms with Crippen LogP contribution in [0.3, 0.4) is 0 Å². The van der Waals surface area contributed by atoms with Gasteiger partial charge in [0.1, 0.15) is 11.4 Å². The summed E-state index contributed by atoms with van der Waals surface area (Å²) in [5, 5.41) is 16.3. The highest BCUT2D eigenvalue weighted by molar-refractivity contribution is 9.10. The van der Waals surface area contributed by atoms with Crippen molar-refractivity contribution in [2.75, 3.05) is 5.32 Å². The molecule has 7 heteroatoms. The Balaban J connectivity index is 1.71. The first kappa shape index (κ1) is 13.6. The van der Waals surface area contributed by atoms with Gasteiger partial charge in [0.25, 0.3) is 0 Å². The molecule has 3 aromatic rings. The zero-order valence-corrected chi connectivity index (χ0v) is 12.4. The quantitative estimate of drug-likeness (QED) is 0.705. The molecule has 3 rings (SSSR count). The number of benzene rings is 1. The number of phenols is 1. The molecule has 0 bridgehead atoms. The number of phenolic OH excluding ortho intramolecular Hbond substituents is 1. The van der Waals surface area contributed by atoms with Gasteiger partial charge in [0.05, 0.1) is 6.54 Å². The molecule has 0 unspecified atom stereocenters. The number of anilines is 1. The van der Waals surface area contributed by atoms with Crippen LogP contribution in [0.2, 0.25) is 0 Å². The number of aromatic nitrogens is 3. The minimum Gasteiger partial charge on any atom is -0.508 e. The molecule has 0 atom stereocenters. The number of hydrogen-bond acceptors (Lipinski definition) is 6. The maximum absolute atomic E-state index is 9.22. The number of aromatic hydroxyl groups is 1. The molecule has 0 radical (unpaired) electrons. The van der Waals surface area contributed by atoms with Gasteiger partial charge < -0.3 is 14.9 Å². The van der Waals surface area contributed by atoms with Crippen LogP contribution in [0.25, 0.3) is 11.5 Å². The van der Waals surface area contributed by atoms with Crippen molar-refractivity contribution in [1.82, 2.24) is 15.1 Å². The molecule has 0 aliphatic carbocycles. The average Bonchev–Trinajstić information content (AvgIpc) is 2.96. The van der Waals surface area contributed by atoms with E-state index in [1.54, 1.807) is 30.5 Å².